The van der Waals surface area contributed by atoms with Crippen LogP contribution in [0.1, 0.15) is 32.2 Å². The summed E-state index contributed by atoms with van der Waals surface area (Å²) in [4.78, 5) is 11.6. The third kappa shape index (κ3) is 5.10. The molecule has 0 fully saturated rings. The number of nitrogens with zero attached hydrogens (tertiary/aromatic N) is 2. The first-order valence-electron chi connectivity index (χ1n) is 7.30. The molecule has 1 aromatic heterocycles. The number of halogens is 1. The number of carboxylic acids is 1. The van der Waals surface area contributed by atoms with Crippen molar-refractivity contribution < 1.29 is 19.1 Å². The summed E-state index contributed by atoms with van der Waals surface area (Å²) in [7, 11) is 0. The number of aryl methyl sites for hydroxylation is 1. The molecule has 2 aromatic rings. The number of thioether (sulfide) groups is 1. The Bertz CT molecular complexity index is 758. The Morgan fingerprint density at radius 3 is 2.79 bits per heavy atom. The molecule has 0 aliphatic rings. The van der Waals surface area contributed by atoms with Gasteiger partial charge in [-0.05, 0) is 49.9 Å². The van der Waals surface area contributed by atoms with Crippen LogP contribution in [0.3, 0.4) is 0 Å². The molecule has 128 valence electrons. The van der Waals surface area contributed by atoms with Crippen LogP contribution >= 0.6 is 27.7 Å². The maximum absolute atomic E-state index is 11.6. The van der Waals surface area contributed by atoms with Gasteiger partial charge in [-0.15, -0.1) is 10.2 Å². The van der Waals surface area contributed by atoms with Gasteiger partial charge in [0, 0.05) is 16.5 Å². The van der Waals surface area contributed by atoms with Gasteiger partial charge in [-0.2, -0.15) is 0 Å². The highest BCUT2D eigenvalue weighted by Crippen LogP contribution is 2.32. The van der Waals surface area contributed by atoms with Crippen molar-refractivity contribution in [3.63, 3.8) is 0 Å². The number of ether oxygens (including phenoxy) is 1. The van der Waals surface area contributed by atoms with Gasteiger partial charge in [0.05, 0.1) is 6.10 Å². The fraction of sp³-hybridized carbons (Fsp3) is 0.312. The highest BCUT2D eigenvalue weighted by Gasteiger charge is 2.16. The molecule has 0 radical (unpaired) electrons. The van der Waals surface area contributed by atoms with Crippen LogP contribution in [-0.2, 0) is 11.2 Å². The standard InChI is InChI=1S/C16H17BrN2O4S/c1-4-14-18-19-16(23-14)24-13(15(20)21)8-10-7-11(17)5-6-12(10)22-9(2)3/h5-9H,4H2,1-3H3,(H,20,21)/b13-8-. The van der Waals surface area contributed by atoms with Crippen LogP contribution in [0.15, 0.2) is 37.2 Å². The summed E-state index contributed by atoms with van der Waals surface area (Å²) in [5.41, 5.74) is 0.651. The lowest BCUT2D eigenvalue weighted by Crippen LogP contribution is -2.07. The van der Waals surface area contributed by atoms with Crippen LogP contribution in [0.25, 0.3) is 6.08 Å². The molecule has 0 saturated heterocycles. The van der Waals surface area contributed by atoms with E-state index in [1.54, 1.807) is 12.1 Å². The average molecular weight is 413 g/mol. The number of carboxylic acid groups (broad SMARTS) is 1. The second kappa shape index (κ2) is 8.34. The zero-order valence-corrected chi connectivity index (χ0v) is 15.8. The molecular formula is C16H17BrN2O4S. The minimum atomic E-state index is -1.08. The van der Waals surface area contributed by atoms with E-state index in [1.807, 2.05) is 26.8 Å². The molecule has 24 heavy (non-hydrogen) atoms. The number of carbonyl (C=O) groups is 1. The first kappa shape index (κ1) is 18.5. The molecule has 0 atom stereocenters. The molecule has 1 heterocycles. The number of aromatic nitrogens is 2. The van der Waals surface area contributed by atoms with E-state index in [1.165, 1.54) is 6.08 Å². The fourth-order valence-corrected chi connectivity index (χ4v) is 2.85. The molecule has 0 unspecified atom stereocenters. The maximum Gasteiger partial charge on any atom is 0.342 e. The predicted molar refractivity (Wildman–Crippen MR) is 95.1 cm³/mol. The Morgan fingerprint density at radius 1 is 1.46 bits per heavy atom. The van der Waals surface area contributed by atoms with Crippen molar-refractivity contribution in [2.24, 2.45) is 0 Å². The fourth-order valence-electron chi connectivity index (χ4n) is 1.79. The van der Waals surface area contributed by atoms with Gasteiger partial charge in [-0.3, -0.25) is 0 Å². The van der Waals surface area contributed by atoms with Gasteiger partial charge in [-0.1, -0.05) is 22.9 Å². The molecule has 6 nitrogen and oxygen atoms in total. The van der Waals surface area contributed by atoms with Crippen molar-refractivity contribution >= 4 is 39.7 Å². The molecule has 0 spiro atoms. The molecule has 0 aliphatic carbocycles. The van der Waals surface area contributed by atoms with Gasteiger partial charge in [0.15, 0.2) is 0 Å². The van der Waals surface area contributed by atoms with E-state index >= 15 is 0 Å². The largest absolute Gasteiger partial charge is 0.490 e. The summed E-state index contributed by atoms with van der Waals surface area (Å²) in [6, 6.07) is 5.43. The highest BCUT2D eigenvalue weighted by atomic mass is 79.9. The Morgan fingerprint density at radius 2 is 2.21 bits per heavy atom. The number of hydrogen-bond acceptors (Lipinski definition) is 6. The number of rotatable bonds is 7. The van der Waals surface area contributed by atoms with Gasteiger partial charge in [0.1, 0.15) is 10.7 Å². The summed E-state index contributed by atoms with van der Waals surface area (Å²) >= 11 is 4.30. The molecule has 0 saturated carbocycles. The van der Waals surface area contributed by atoms with Crippen LogP contribution in [0.5, 0.6) is 5.75 Å². The van der Waals surface area contributed by atoms with Gasteiger partial charge < -0.3 is 14.3 Å². The molecule has 0 amide bonds. The molecule has 0 aliphatic heterocycles. The van der Waals surface area contributed by atoms with Crippen LogP contribution in [0, 0.1) is 0 Å². The normalized spacial score (nSPS) is 11.8. The van der Waals surface area contributed by atoms with Gasteiger partial charge in [-0.25, -0.2) is 4.79 Å². The highest BCUT2D eigenvalue weighted by molar-refractivity contribution is 9.10. The van der Waals surface area contributed by atoms with Gasteiger partial charge in [0.2, 0.25) is 5.89 Å². The molecule has 1 N–H and O–H groups in total. The van der Waals surface area contributed by atoms with E-state index in [0.29, 0.717) is 23.6 Å². The molecule has 1 aromatic carbocycles. The second-order valence-corrected chi connectivity index (χ2v) is 6.99. The van der Waals surface area contributed by atoms with Crippen molar-refractivity contribution in [1.82, 2.24) is 10.2 Å². The Hall–Kier alpha value is -1.80. The zero-order valence-electron chi connectivity index (χ0n) is 13.4. The second-order valence-electron chi connectivity index (χ2n) is 5.08. The van der Waals surface area contributed by atoms with Crippen molar-refractivity contribution in [2.75, 3.05) is 0 Å². The Balaban J connectivity index is 2.36. The van der Waals surface area contributed by atoms with Crippen LogP contribution < -0.4 is 4.74 Å². The lowest BCUT2D eigenvalue weighted by Gasteiger charge is -2.13. The monoisotopic (exact) mass is 412 g/mol. The summed E-state index contributed by atoms with van der Waals surface area (Å²) in [5.74, 6) is -0.00688. The molecule has 8 heteroatoms. The van der Waals surface area contributed by atoms with Crippen molar-refractivity contribution in [2.45, 2.75) is 38.5 Å². The number of benzene rings is 1. The summed E-state index contributed by atoms with van der Waals surface area (Å²) in [5, 5.41) is 17.3. The minimum absolute atomic E-state index is 0.0256. The van der Waals surface area contributed by atoms with E-state index in [-0.39, 0.29) is 16.2 Å². The smallest absolute Gasteiger partial charge is 0.342 e. The topological polar surface area (TPSA) is 85.5 Å². The zero-order chi connectivity index (χ0) is 17.7. The summed E-state index contributed by atoms with van der Waals surface area (Å²) < 4.78 is 11.9. The SMILES string of the molecule is CCc1nnc(S/C(=C\c2cc(Br)ccc2OC(C)C)C(=O)O)o1. The predicted octanol–water partition coefficient (Wildman–Crippen LogP) is 4.40. The third-order valence-electron chi connectivity index (χ3n) is 2.78. The quantitative estimate of drug-likeness (QED) is 0.532. The van der Waals surface area contributed by atoms with Crippen molar-refractivity contribution in [3.05, 3.63) is 39.0 Å². The first-order valence-corrected chi connectivity index (χ1v) is 8.91. The number of hydrogen-bond donors (Lipinski definition) is 1. The van der Waals surface area contributed by atoms with Crippen molar-refractivity contribution in [1.29, 1.82) is 0 Å². The van der Waals surface area contributed by atoms with Crippen LogP contribution in [0.4, 0.5) is 0 Å². The van der Waals surface area contributed by atoms with Gasteiger partial charge in [0.25, 0.3) is 5.22 Å². The van der Waals surface area contributed by atoms with Crippen LogP contribution in [0.2, 0.25) is 0 Å². The first-order chi connectivity index (χ1) is 11.4. The third-order valence-corrected chi connectivity index (χ3v) is 4.13. The van der Waals surface area contributed by atoms with E-state index in [4.69, 9.17) is 9.15 Å². The Kier molecular flexibility index (Phi) is 6.44. The van der Waals surface area contributed by atoms with Crippen molar-refractivity contribution in [3.8, 4) is 5.75 Å². The molecular weight excluding hydrogens is 396 g/mol. The van der Waals surface area contributed by atoms with E-state index in [9.17, 15) is 9.90 Å². The minimum Gasteiger partial charge on any atom is -0.490 e. The van der Waals surface area contributed by atoms with Crippen LogP contribution in [-0.4, -0.2) is 27.4 Å². The average Bonchev–Trinajstić information content (AvgIpc) is 2.96. The van der Waals surface area contributed by atoms with E-state index in [2.05, 4.69) is 26.1 Å². The lowest BCUT2D eigenvalue weighted by molar-refractivity contribution is -0.131. The summed E-state index contributed by atoms with van der Waals surface area (Å²) in [6.45, 7) is 5.70. The molecule has 2 rings (SSSR count). The van der Waals surface area contributed by atoms with Gasteiger partial charge >= 0.3 is 5.97 Å². The summed E-state index contributed by atoms with van der Waals surface area (Å²) in [6.07, 6.45) is 2.10. The molecule has 0 bridgehead atoms. The number of aliphatic carboxylic acids is 1. The maximum atomic E-state index is 11.6. The lowest BCUT2D eigenvalue weighted by atomic mass is 10.2. The Labute approximate surface area is 152 Å². The van der Waals surface area contributed by atoms with E-state index in [0.717, 1.165) is 16.2 Å². The van der Waals surface area contributed by atoms with E-state index < -0.39 is 5.97 Å².